The fraction of sp³-hybridized carbons (Fsp3) is 0.889. The van der Waals surface area contributed by atoms with Crippen LogP contribution in [0.15, 0.2) is 0 Å². The van der Waals surface area contributed by atoms with Crippen molar-refractivity contribution in [1.82, 2.24) is 5.32 Å². The second-order valence-electron chi connectivity index (χ2n) is 3.85. The van der Waals surface area contributed by atoms with E-state index in [1.165, 1.54) is 7.11 Å². The predicted octanol–water partition coefficient (Wildman–Crippen LogP) is -0.764. The molecule has 0 aromatic heterocycles. The van der Waals surface area contributed by atoms with Gasteiger partial charge < -0.3 is 20.9 Å². The molecule has 0 saturated heterocycles. The van der Waals surface area contributed by atoms with Crippen LogP contribution < -0.4 is 11.1 Å². The fourth-order valence-corrected chi connectivity index (χ4v) is 0.813. The number of methoxy groups -OCH3 is 1. The van der Waals surface area contributed by atoms with Crippen molar-refractivity contribution in [2.24, 2.45) is 5.73 Å². The Morgan fingerprint density at radius 1 is 1.64 bits per heavy atom. The number of ether oxygens (including phenoxy) is 1. The van der Waals surface area contributed by atoms with Crippen molar-refractivity contribution in [1.29, 1.82) is 0 Å². The van der Waals surface area contributed by atoms with Gasteiger partial charge in [0, 0.05) is 13.7 Å². The molecule has 1 amide bonds. The van der Waals surface area contributed by atoms with Crippen molar-refractivity contribution in [3.8, 4) is 0 Å². The summed E-state index contributed by atoms with van der Waals surface area (Å²) in [5, 5.41) is 12.0. The monoisotopic (exact) mass is 204 g/mol. The number of aliphatic hydroxyl groups is 1. The Morgan fingerprint density at radius 2 is 2.14 bits per heavy atom. The Labute approximate surface area is 84.6 Å². The molecule has 0 radical (unpaired) electrons. The van der Waals surface area contributed by atoms with Crippen LogP contribution >= 0.6 is 0 Å². The van der Waals surface area contributed by atoms with Crippen molar-refractivity contribution in [3.63, 3.8) is 0 Å². The number of nitrogens with one attached hydrogen (secondary N) is 1. The molecule has 0 heterocycles. The van der Waals surface area contributed by atoms with Gasteiger partial charge in [-0.25, -0.2) is 0 Å². The van der Waals surface area contributed by atoms with E-state index in [1.54, 1.807) is 20.8 Å². The first-order valence-electron chi connectivity index (χ1n) is 4.58. The van der Waals surface area contributed by atoms with Crippen molar-refractivity contribution >= 4 is 5.91 Å². The number of nitrogens with two attached hydrogens (primary N) is 1. The van der Waals surface area contributed by atoms with E-state index in [0.717, 1.165) is 0 Å². The maximum absolute atomic E-state index is 11.5. The Hall–Kier alpha value is -0.650. The molecule has 0 aliphatic rings. The molecule has 0 spiro atoms. The van der Waals surface area contributed by atoms with Gasteiger partial charge in [-0.1, -0.05) is 0 Å². The molecular weight excluding hydrogens is 184 g/mol. The summed E-state index contributed by atoms with van der Waals surface area (Å²) in [7, 11) is 1.42. The molecule has 2 unspecified atom stereocenters. The van der Waals surface area contributed by atoms with E-state index in [1.807, 2.05) is 0 Å². The first-order valence-corrected chi connectivity index (χ1v) is 4.58. The number of hydrogen-bond donors (Lipinski definition) is 3. The lowest BCUT2D eigenvalue weighted by atomic mass is 9.98. The summed E-state index contributed by atoms with van der Waals surface area (Å²) in [6.07, 6.45) is -1.30. The lowest BCUT2D eigenvalue weighted by molar-refractivity contribution is -0.133. The maximum atomic E-state index is 11.5. The number of aliphatic hydroxyl groups excluding tert-OH is 1. The summed E-state index contributed by atoms with van der Waals surface area (Å²) in [5.74, 6) is -0.305. The molecule has 0 bridgehead atoms. The summed E-state index contributed by atoms with van der Waals surface area (Å²) in [4.78, 5) is 11.5. The SMILES string of the molecule is COC(CN)C(=O)NC(C)(C)C(C)O. The van der Waals surface area contributed by atoms with Gasteiger partial charge in [-0.2, -0.15) is 0 Å². The molecule has 2 atom stereocenters. The molecule has 0 aliphatic heterocycles. The second-order valence-corrected chi connectivity index (χ2v) is 3.85. The number of carbonyl (C=O) groups is 1. The van der Waals surface area contributed by atoms with Gasteiger partial charge in [-0.05, 0) is 20.8 Å². The van der Waals surface area contributed by atoms with Gasteiger partial charge in [0.05, 0.1) is 11.6 Å². The molecule has 0 aromatic carbocycles. The lowest BCUT2D eigenvalue weighted by Crippen LogP contribution is -2.55. The molecule has 0 rings (SSSR count). The van der Waals surface area contributed by atoms with E-state index >= 15 is 0 Å². The van der Waals surface area contributed by atoms with Crippen molar-refractivity contribution in [2.45, 2.75) is 38.5 Å². The van der Waals surface area contributed by atoms with Crippen molar-refractivity contribution < 1.29 is 14.6 Å². The van der Waals surface area contributed by atoms with Crippen LogP contribution in [0.4, 0.5) is 0 Å². The molecule has 14 heavy (non-hydrogen) atoms. The maximum Gasteiger partial charge on any atom is 0.250 e. The third-order valence-corrected chi connectivity index (χ3v) is 2.28. The summed E-state index contributed by atoms with van der Waals surface area (Å²) in [6, 6.07) is 0. The molecule has 4 N–H and O–H groups in total. The second kappa shape index (κ2) is 5.29. The number of carbonyl (C=O) groups excluding carboxylic acids is 1. The molecular formula is C9H20N2O3. The third-order valence-electron chi connectivity index (χ3n) is 2.28. The van der Waals surface area contributed by atoms with Gasteiger partial charge in [0.1, 0.15) is 6.10 Å². The van der Waals surface area contributed by atoms with Gasteiger partial charge in [0.15, 0.2) is 0 Å². The number of hydrogen-bond acceptors (Lipinski definition) is 4. The number of rotatable bonds is 5. The zero-order valence-electron chi connectivity index (χ0n) is 9.20. The van der Waals surface area contributed by atoms with Crippen LogP contribution in [0, 0.1) is 0 Å². The van der Waals surface area contributed by atoms with Crippen molar-refractivity contribution in [2.75, 3.05) is 13.7 Å². The number of amides is 1. The standard InChI is InChI=1S/C9H20N2O3/c1-6(12)9(2,3)11-8(13)7(5-10)14-4/h6-7,12H,5,10H2,1-4H3,(H,11,13). The van der Waals surface area contributed by atoms with Crippen LogP contribution in [0.5, 0.6) is 0 Å². The van der Waals surface area contributed by atoms with Crippen LogP contribution in [-0.4, -0.2) is 42.4 Å². The topological polar surface area (TPSA) is 84.6 Å². The van der Waals surface area contributed by atoms with Gasteiger partial charge >= 0.3 is 0 Å². The van der Waals surface area contributed by atoms with Crippen LogP contribution in [0.1, 0.15) is 20.8 Å². The van der Waals surface area contributed by atoms with Crippen LogP contribution in [-0.2, 0) is 9.53 Å². The Balaban J connectivity index is 4.30. The van der Waals surface area contributed by atoms with E-state index in [2.05, 4.69) is 5.32 Å². The van der Waals surface area contributed by atoms with E-state index in [0.29, 0.717) is 0 Å². The van der Waals surface area contributed by atoms with Crippen molar-refractivity contribution in [3.05, 3.63) is 0 Å². The van der Waals surface area contributed by atoms with Gasteiger partial charge in [0.2, 0.25) is 0 Å². The van der Waals surface area contributed by atoms with Gasteiger partial charge in [0.25, 0.3) is 5.91 Å². The van der Waals surface area contributed by atoms with E-state index in [9.17, 15) is 9.90 Å². The van der Waals surface area contributed by atoms with E-state index < -0.39 is 17.7 Å². The molecule has 0 fully saturated rings. The summed E-state index contributed by atoms with van der Waals surface area (Å²) < 4.78 is 4.87. The zero-order valence-corrected chi connectivity index (χ0v) is 9.20. The van der Waals surface area contributed by atoms with E-state index in [-0.39, 0.29) is 12.5 Å². The molecule has 0 saturated carbocycles. The quantitative estimate of drug-likeness (QED) is 0.549. The molecule has 5 nitrogen and oxygen atoms in total. The fourth-order valence-electron chi connectivity index (χ4n) is 0.813. The van der Waals surface area contributed by atoms with Crippen LogP contribution in [0.25, 0.3) is 0 Å². The zero-order chi connectivity index (χ0) is 11.4. The highest BCUT2D eigenvalue weighted by molar-refractivity contribution is 5.81. The van der Waals surface area contributed by atoms with E-state index in [4.69, 9.17) is 10.5 Å². The highest BCUT2D eigenvalue weighted by atomic mass is 16.5. The largest absolute Gasteiger partial charge is 0.391 e. The lowest BCUT2D eigenvalue weighted by Gasteiger charge is -2.30. The summed E-state index contributed by atoms with van der Waals surface area (Å²) >= 11 is 0. The summed E-state index contributed by atoms with van der Waals surface area (Å²) in [5.41, 5.74) is 4.65. The predicted molar refractivity (Wildman–Crippen MR) is 53.8 cm³/mol. The molecule has 0 aromatic rings. The normalized spacial score (nSPS) is 16.1. The minimum atomic E-state index is -0.678. The van der Waals surface area contributed by atoms with Crippen LogP contribution in [0.3, 0.4) is 0 Å². The molecule has 84 valence electrons. The first-order chi connectivity index (χ1) is 6.35. The van der Waals surface area contributed by atoms with Gasteiger partial charge in [-0.15, -0.1) is 0 Å². The Morgan fingerprint density at radius 3 is 2.43 bits per heavy atom. The minimum absolute atomic E-state index is 0.123. The highest BCUT2D eigenvalue weighted by Crippen LogP contribution is 2.08. The third kappa shape index (κ3) is 3.61. The minimum Gasteiger partial charge on any atom is -0.391 e. The summed E-state index contributed by atoms with van der Waals surface area (Å²) in [6.45, 7) is 5.21. The van der Waals surface area contributed by atoms with Gasteiger partial charge in [-0.3, -0.25) is 4.79 Å². The first kappa shape index (κ1) is 13.4. The average molecular weight is 204 g/mol. The molecule has 0 aliphatic carbocycles. The smallest absolute Gasteiger partial charge is 0.250 e. The molecule has 5 heteroatoms. The van der Waals surface area contributed by atoms with Crippen LogP contribution in [0.2, 0.25) is 0 Å². The Kier molecular flexibility index (Phi) is 5.04. The average Bonchev–Trinajstić information content (AvgIpc) is 2.05. The Bertz CT molecular complexity index is 188. The highest BCUT2D eigenvalue weighted by Gasteiger charge is 2.28.